The summed E-state index contributed by atoms with van der Waals surface area (Å²) in [5.74, 6) is 1.59. The summed E-state index contributed by atoms with van der Waals surface area (Å²) in [6.07, 6.45) is 2.67. The van der Waals surface area contributed by atoms with E-state index < -0.39 is 0 Å². The third-order valence-corrected chi connectivity index (χ3v) is 4.53. The van der Waals surface area contributed by atoms with Crippen molar-refractivity contribution < 1.29 is 0 Å². The molecule has 1 aromatic carbocycles. The van der Waals surface area contributed by atoms with Crippen molar-refractivity contribution in [3.63, 3.8) is 0 Å². The van der Waals surface area contributed by atoms with Crippen molar-refractivity contribution in [1.82, 2.24) is 14.5 Å². The molecule has 2 heterocycles. The molecule has 1 saturated heterocycles. The van der Waals surface area contributed by atoms with Gasteiger partial charge in [0.2, 0.25) is 0 Å². The van der Waals surface area contributed by atoms with Crippen molar-refractivity contribution in [2.75, 3.05) is 18.8 Å². The second kappa shape index (κ2) is 5.68. The summed E-state index contributed by atoms with van der Waals surface area (Å²) in [6.45, 7) is 10.2. The zero-order valence-electron chi connectivity index (χ0n) is 13.3. The van der Waals surface area contributed by atoms with Crippen LogP contribution in [0.3, 0.4) is 0 Å². The fourth-order valence-electron chi connectivity index (χ4n) is 3.36. The number of nitrogens with two attached hydrogens (primary N) is 1. The lowest BCUT2D eigenvalue weighted by molar-refractivity contribution is 0.235. The highest BCUT2D eigenvalue weighted by Crippen LogP contribution is 2.25. The van der Waals surface area contributed by atoms with Crippen molar-refractivity contribution in [2.45, 2.75) is 52.1 Å². The number of aromatic nitrogens is 2. The van der Waals surface area contributed by atoms with E-state index in [1.807, 2.05) is 12.1 Å². The lowest BCUT2D eigenvalue weighted by Gasteiger charge is -2.25. The molecule has 3 rings (SSSR count). The Morgan fingerprint density at radius 1 is 1.19 bits per heavy atom. The average Bonchev–Trinajstić information content (AvgIpc) is 3.06. The van der Waals surface area contributed by atoms with Gasteiger partial charge < -0.3 is 10.3 Å². The van der Waals surface area contributed by atoms with Gasteiger partial charge in [-0.05, 0) is 51.1 Å². The first kappa shape index (κ1) is 14.4. The standard InChI is InChI=1S/C17H26N4/c1-12(2)17-19-15-10-14(18)6-7-16(15)21(17)11-13(3)20-8-4-5-9-20/h6-7,10,12-13H,4-5,8-9,11,18H2,1-3H3. The van der Waals surface area contributed by atoms with Crippen molar-refractivity contribution in [3.8, 4) is 0 Å². The van der Waals surface area contributed by atoms with E-state index in [1.54, 1.807) is 0 Å². The number of anilines is 1. The molecule has 0 bridgehead atoms. The first-order chi connectivity index (χ1) is 10.1. The van der Waals surface area contributed by atoms with Gasteiger partial charge in [-0.2, -0.15) is 0 Å². The summed E-state index contributed by atoms with van der Waals surface area (Å²) in [7, 11) is 0. The first-order valence-electron chi connectivity index (χ1n) is 8.06. The number of likely N-dealkylation sites (tertiary alicyclic amines) is 1. The van der Waals surface area contributed by atoms with Crippen molar-refractivity contribution in [1.29, 1.82) is 0 Å². The number of hydrogen-bond donors (Lipinski definition) is 1. The fourth-order valence-corrected chi connectivity index (χ4v) is 3.36. The highest BCUT2D eigenvalue weighted by atomic mass is 15.2. The van der Waals surface area contributed by atoms with Crippen LogP contribution in [0.2, 0.25) is 0 Å². The van der Waals surface area contributed by atoms with Crippen LogP contribution in [0.4, 0.5) is 5.69 Å². The van der Waals surface area contributed by atoms with Gasteiger partial charge in [-0.1, -0.05) is 13.8 Å². The van der Waals surface area contributed by atoms with Crippen LogP contribution in [0.5, 0.6) is 0 Å². The minimum absolute atomic E-state index is 0.421. The maximum atomic E-state index is 5.90. The number of rotatable bonds is 4. The van der Waals surface area contributed by atoms with Crippen LogP contribution in [-0.2, 0) is 6.54 Å². The minimum Gasteiger partial charge on any atom is -0.399 e. The summed E-state index contributed by atoms with van der Waals surface area (Å²) < 4.78 is 2.39. The smallest absolute Gasteiger partial charge is 0.112 e. The van der Waals surface area contributed by atoms with Gasteiger partial charge in [-0.15, -0.1) is 0 Å². The monoisotopic (exact) mass is 286 g/mol. The van der Waals surface area contributed by atoms with Crippen LogP contribution in [0.1, 0.15) is 45.4 Å². The van der Waals surface area contributed by atoms with E-state index in [2.05, 4.69) is 36.3 Å². The van der Waals surface area contributed by atoms with Gasteiger partial charge in [0.15, 0.2) is 0 Å². The third kappa shape index (κ3) is 2.77. The average molecular weight is 286 g/mol. The largest absolute Gasteiger partial charge is 0.399 e. The van der Waals surface area contributed by atoms with Crippen LogP contribution >= 0.6 is 0 Å². The predicted octanol–water partition coefficient (Wildman–Crippen LogP) is 3.23. The number of nitrogen functional groups attached to an aromatic ring is 1. The molecule has 1 unspecified atom stereocenters. The quantitative estimate of drug-likeness (QED) is 0.878. The molecule has 1 fully saturated rings. The Morgan fingerprint density at radius 3 is 2.57 bits per heavy atom. The number of fused-ring (bicyclic) bond motifs is 1. The third-order valence-electron chi connectivity index (χ3n) is 4.53. The van der Waals surface area contributed by atoms with Crippen LogP contribution in [-0.4, -0.2) is 33.6 Å². The Bertz CT molecular complexity index is 623. The van der Waals surface area contributed by atoms with E-state index in [4.69, 9.17) is 10.7 Å². The molecule has 0 saturated carbocycles. The number of imidazole rings is 1. The normalized spacial score (nSPS) is 17.9. The molecule has 1 aliphatic heterocycles. The molecule has 1 aliphatic rings. The van der Waals surface area contributed by atoms with Gasteiger partial charge in [0.05, 0.1) is 11.0 Å². The van der Waals surface area contributed by atoms with Crippen LogP contribution in [0, 0.1) is 0 Å². The van der Waals surface area contributed by atoms with Crippen molar-refractivity contribution in [3.05, 3.63) is 24.0 Å². The summed E-state index contributed by atoms with van der Waals surface area (Å²) in [5, 5.41) is 0. The Balaban J connectivity index is 1.96. The highest BCUT2D eigenvalue weighted by Gasteiger charge is 2.21. The van der Waals surface area contributed by atoms with Gasteiger partial charge in [0.25, 0.3) is 0 Å². The fraction of sp³-hybridized carbons (Fsp3) is 0.588. The minimum atomic E-state index is 0.421. The molecule has 21 heavy (non-hydrogen) atoms. The molecule has 2 N–H and O–H groups in total. The van der Waals surface area contributed by atoms with E-state index in [0.717, 1.165) is 17.7 Å². The van der Waals surface area contributed by atoms with Gasteiger partial charge in [-0.3, -0.25) is 4.90 Å². The zero-order valence-corrected chi connectivity index (χ0v) is 13.3. The van der Waals surface area contributed by atoms with Gasteiger partial charge in [0, 0.05) is 24.2 Å². The van der Waals surface area contributed by atoms with E-state index in [9.17, 15) is 0 Å². The van der Waals surface area contributed by atoms with Crippen LogP contribution in [0.25, 0.3) is 11.0 Å². The topological polar surface area (TPSA) is 47.1 Å². The molecule has 1 atom stereocenters. The lowest BCUT2D eigenvalue weighted by atomic mass is 10.2. The second-order valence-corrected chi connectivity index (χ2v) is 6.58. The number of hydrogen-bond acceptors (Lipinski definition) is 3. The summed E-state index contributed by atoms with van der Waals surface area (Å²) >= 11 is 0. The highest BCUT2D eigenvalue weighted by molar-refractivity contribution is 5.79. The predicted molar refractivity (Wildman–Crippen MR) is 88.5 cm³/mol. The van der Waals surface area contributed by atoms with Crippen LogP contribution < -0.4 is 5.73 Å². The SMILES string of the molecule is CC(C)c1nc2cc(N)ccc2n1CC(C)N1CCCC1. The molecule has 4 nitrogen and oxygen atoms in total. The molecule has 0 spiro atoms. The van der Waals surface area contributed by atoms with Crippen LogP contribution in [0.15, 0.2) is 18.2 Å². The van der Waals surface area contributed by atoms with Gasteiger partial charge in [-0.25, -0.2) is 4.98 Å². The maximum Gasteiger partial charge on any atom is 0.112 e. The van der Waals surface area contributed by atoms with Gasteiger partial charge >= 0.3 is 0 Å². The zero-order chi connectivity index (χ0) is 15.0. The number of nitrogens with zero attached hydrogens (tertiary/aromatic N) is 3. The Hall–Kier alpha value is -1.55. The van der Waals surface area contributed by atoms with Gasteiger partial charge in [0.1, 0.15) is 5.82 Å². The Morgan fingerprint density at radius 2 is 1.90 bits per heavy atom. The van der Waals surface area contributed by atoms with Crippen molar-refractivity contribution in [2.24, 2.45) is 0 Å². The number of benzene rings is 1. The summed E-state index contributed by atoms with van der Waals surface area (Å²) in [5.41, 5.74) is 8.92. The Labute approximate surface area is 126 Å². The molecule has 4 heteroatoms. The van der Waals surface area contributed by atoms with E-state index in [1.165, 1.54) is 37.3 Å². The second-order valence-electron chi connectivity index (χ2n) is 6.58. The summed E-state index contributed by atoms with van der Waals surface area (Å²) in [4.78, 5) is 7.41. The molecule has 0 radical (unpaired) electrons. The molecular weight excluding hydrogens is 260 g/mol. The first-order valence-corrected chi connectivity index (χ1v) is 8.06. The Kier molecular flexibility index (Phi) is 3.89. The molecule has 0 aliphatic carbocycles. The summed E-state index contributed by atoms with van der Waals surface area (Å²) in [6, 6.07) is 6.63. The molecule has 2 aromatic rings. The van der Waals surface area contributed by atoms with E-state index >= 15 is 0 Å². The molecule has 0 amide bonds. The molecule has 1 aromatic heterocycles. The molecule has 114 valence electrons. The maximum absolute atomic E-state index is 5.90. The van der Waals surface area contributed by atoms with E-state index in [-0.39, 0.29) is 0 Å². The molecular formula is C17H26N4. The lowest BCUT2D eigenvalue weighted by Crippen LogP contribution is -2.34. The van der Waals surface area contributed by atoms with E-state index in [0.29, 0.717) is 12.0 Å². The van der Waals surface area contributed by atoms with Crippen molar-refractivity contribution >= 4 is 16.7 Å².